The van der Waals surface area contributed by atoms with Gasteiger partial charge < -0.3 is 9.53 Å². The minimum Gasteiger partial charge on any atom is -0.334 e. The van der Waals surface area contributed by atoms with E-state index in [4.69, 9.17) is 4.52 Å². The van der Waals surface area contributed by atoms with E-state index >= 15 is 0 Å². The number of hydrogen-bond donors (Lipinski definition) is 1. The molecule has 3 rings (SSSR count). The molecule has 0 amide bonds. The van der Waals surface area contributed by atoms with E-state index in [0.717, 1.165) is 18.7 Å². The molecule has 1 aromatic heterocycles. The van der Waals surface area contributed by atoms with Gasteiger partial charge >= 0.3 is 0 Å². The molecule has 1 N–H and O–H groups in total. The molecule has 1 aromatic carbocycles. The summed E-state index contributed by atoms with van der Waals surface area (Å²) in [6, 6.07) is 6.37. The Morgan fingerprint density at radius 2 is 2.10 bits per heavy atom. The van der Waals surface area contributed by atoms with Gasteiger partial charge in [-0.25, -0.2) is 5.43 Å². The van der Waals surface area contributed by atoms with Gasteiger partial charge in [-0.1, -0.05) is 25.9 Å². The number of nitrogens with one attached hydrogen (secondary N) is 1. The van der Waals surface area contributed by atoms with Crippen LogP contribution in [-0.4, -0.2) is 23.2 Å². The Bertz CT molecular complexity index is 636. The standard InChI is InChI=1S/C16H22N4O/c1-11-18-15(21-19-11)12-6-7-14(20-9-5-8-17-20)13(10-12)16(2,3)4/h6-7,10,17H,5,8-9H2,1-4H3. The van der Waals surface area contributed by atoms with E-state index in [0.29, 0.717) is 11.7 Å². The second-order valence-electron chi connectivity index (χ2n) is 6.54. The average molecular weight is 286 g/mol. The fourth-order valence-corrected chi connectivity index (χ4v) is 2.66. The monoisotopic (exact) mass is 286 g/mol. The van der Waals surface area contributed by atoms with Gasteiger partial charge in [-0.15, -0.1) is 0 Å². The highest BCUT2D eigenvalue weighted by Gasteiger charge is 2.24. The van der Waals surface area contributed by atoms with Crippen molar-refractivity contribution in [2.75, 3.05) is 18.1 Å². The Morgan fingerprint density at radius 1 is 1.29 bits per heavy atom. The molecule has 1 saturated heterocycles. The van der Waals surface area contributed by atoms with Gasteiger partial charge in [0.15, 0.2) is 5.82 Å². The molecule has 2 heterocycles. The van der Waals surface area contributed by atoms with E-state index < -0.39 is 0 Å². The van der Waals surface area contributed by atoms with Gasteiger partial charge in [0.25, 0.3) is 5.89 Å². The van der Waals surface area contributed by atoms with E-state index in [1.807, 2.05) is 6.92 Å². The summed E-state index contributed by atoms with van der Waals surface area (Å²) in [7, 11) is 0. The van der Waals surface area contributed by atoms with Crippen LogP contribution < -0.4 is 10.4 Å². The Morgan fingerprint density at radius 3 is 2.67 bits per heavy atom. The highest BCUT2D eigenvalue weighted by atomic mass is 16.5. The van der Waals surface area contributed by atoms with Gasteiger partial charge in [0.05, 0.1) is 5.69 Å². The second kappa shape index (κ2) is 5.15. The lowest BCUT2D eigenvalue weighted by Crippen LogP contribution is -2.32. The van der Waals surface area contributed by atoms with Crippen molar-refractivity contribution in [3.63, 3.8) is 0 Å². The smallest absolute Gasteiger partial charge is 0.257 e. The van der Waals surface area contributed by atoms with Crippen LogP contribution in [0.15, 0.2) is 22.7 Å². The Labute approximate surface area is 125 Å². The van der Waals surface area contributed by atoms with E-state index in [2.05, 4.69) is 59.5 Å². The zero-order valence-electron chi connectivity index (χ0n) is 13.1. The molecule has 5 nitrogen and oxygen atoms in total. The number of anilines is 1. The SMILES string of the molecule is Cc1noc(-c2ccc(N3CCCN3)c(C(C)(C)C)c2)n1. The molecule has 112 valence electrons. The molecule has 0 spiro atoms. The highest BCUT2D eigenvalue weighted by molar-refractivity contribution is 5.65. The maximum Gasteiger partial charge on any atom is 0.257 e. The van der Waals surface area contributed by atoms with Crippen LogP contribution in [0, 0.1) is 6.92 Å². The van der Waals surface area contributed by atoms with E-state index in [1.54, 1.807) is 0 Å². The van der Waals surface area contributed by atoms with Crippen LogP contribution in [0.4, 0.5) is 5.69 Å². The lowest BCUT2D eigenvalue weighted by atomic mass is 9.84. The number of aromatic nitrogens is 2. The third-order valence-corrected chi connectivity index (χ3v) is 3.73. The molecule has 1 aliphatic heterocycles. The first kappa shape index (κ1) is 14.1. The molecule has 5 heteroatoms. The summed E-state index contributed by atoms with van der Waals surface area (Å²) < 4.78 is 5.29. The fraction of sp³-hybridized carbons (Fsp3) is 0.500. The molecule has 0 aliphatic carbocycles. The molecule has 0 unspecified atom stereocenters. The van der Waals surface area contributed by atoms with Crippen molar-refractivity contribution >= 4 is 5.69 Å². The normalized spacial score (nSPS) is 15.7. The summed E-state index contributed by atoms with van der Waals surface area (Å²) >= 11 is 0. The predicted molar refractivity (Wildman–Crippen MR) is 83.1 cm³/mol. The zero-order valence-corrected chi connectivity index (χ0v) is 13.1. The number of benzene rings is 1. The van der Waals surface area contributed by atoms with Crippen LogP contribution in [0.3, 0.4) is 0 Å². The van der Waals surface area contributed by atoms with Crippen molar-refractivity contribution < 1.29 is 4.52 Å². The molecule has 0 atom stereocenters. The molecule has 0 saturated carbocycles. The first-order valence-corrected chi connectivity index (χ1v) is 7.41. The summed E-state index contributed by atoms with van der Waals surface area (Å²) in [5, 5.41) is 6.12. The first-order valence-electron chi connectivity index (χ1n) is 7.41. The third kappa shape index (κ3) is 2.78. The van der Waals surface area contributed by atoms with Gasteiger partial charge in [-0.05, 0) is 42.5 Å². The number of nitrogens with zero attached hydrogens (tertiary/aromatic N) is 3. The van der Waals surface area contributed by atoms with Crippen LogP contribution in [0.2, 0.25) is 0 Å². The van der Waals surface area contributed by atoms with Gasteiger partial charge in [-0.3, -0.25) is 0 Å². The van der Waals surface area contributed by atoms with Crippen molar-refractivity contribution in [3.8, 4) is 11.5 Å². The minimum absolute atomic E-state index is 0.0463. The van der Waals surface area contributed by atoms with Gasteiger partial charge in [-0.2, -0.15) is 4.98 Å². The largest absolute Gasteiger partial charge is 0.334 e. The van der Waals surface area contributed by atoms with E-state index in [-0.39, 0.29) is 5.41 Å². The average Bonchev–Trinajstić information content (AvgIpc) is 3.08. The van der Waals surface area contributed by atoms with E-state index in [1.165, 1.54) is 17.7 Å². The Kier molecular flexibility index (Phi) is 3.45. The second-order valence-corrected chi connectivity index (χ2v) is 6.54. The molecule has 1 aliphatic rings. The topological polar surface area (TPSA) is 54.2 Å². The summed E-state index contributed by atoms with van der Waals surface area (Å²) in [4.78, 5) is 4.32. The molecule has 21 heavy (non-hydrogen) atoms. The van der Waals surface area contributed by atoms with Crippen molar-refractivity contribution in [3.05, 3.63) is 29.6 Å². The van der Waals surface area contributed by atoms with Crippen molar-refractivity contribution in [2.24, 2.45) is 0 Å². The van der Waals surface area contributed by atoms with Gasteiger partial charge in [0.2, 0.25) is 0 Å². The van der Waals surface area contributed by atoms with Gasteiger partial charge in [0, 0.05) is 18.7 Å². The van der Waals surface area contributed by atoms with Gasteiger partial charge in [0.1, 0.15) is 0 Å². The summed E-state index contributed by atoms with van der Waals surface area (Å²) in [6.07, 6.45) is 1.17. The lowest BCUT2D eigenvalue weighted by molar-refractivity contribution is 0.425. The molecular formula is C16H22N4O. The summed E-state index contributed by atoms with van der Waals surface area (Å²) in [6.45, 7) is 10.6. The van der Waals surface area contributed by atoms with Crippen LogP contribution in [-0.2, 0) is 5.41 Å². The maximum absolute atomic E-state index is 5.29. The molecule has 1 fully saturated rings. The molecule has 0 radical (unpaired) electrons. The Balaban J connectivity index is 2.06. The number of hydrogen-bond acceptors (Lipinski definition) is 5. The predicted octanol–water partition coefficient (Wildman–Crippen LogP) is 3.06. The zero-order chi connectivity index (χ0) is 15.0. The van der Waals surface area contributed by atoms with Crippen LogP contribution in [0.5, 0.6) is 0 Å². The highest BCUT2D eigenvalue weighted by Crippen LogP contribution is 2.35. The molecule has 2 aromatic rings. The van der Waals surface area contributed by atoms with Crippen LogP contribution in [0.25, 0.3) is 11.5 Å². The quantitative estimate of drug-likeness (QED) is 0.919. The number of rotatable bonds is 2. The van der Waals surface area contributed by atoms with Crippen molar-refractivity contribution in [1.29, 1.82) is 0 Å². The summed E-state index contributed by atoms with van der Waals surface area (Å²) in [5.74, 6) is 1.24. The molecule has 0 bridgehead atoms. The van der Waals surface area contributed by atoms with E-state index in [9.17, 15) is 0 Å². The van der Waals surface area contributed by atoms with Crippen LogP contribution in [0.1, 0.15) is 38.6 Å². The van der Waals surface area contributed by atoms with Crippen LogP contribution >= 0.6 is 0 Å². The Hall–Kier alpha value is -1.88. The van der Waals surface area contributed by atoms with Crippen molar-refractivity contribution in [1.82, 2.24) is 15.6 Å². The third-order valence-electron chi connectivity index (χ3n) is 3.73. The molecular weight excluding hydrogens is 264 g/mol. The number of hydrazine groups is 1. The fourth-order valence-electron chi connectivity index (χ4n) is 2.66. The maximum atomic E-state index is 5.29. The lowest BCUT2D eigenvalue weighted by Gasteiger charge is -2.28. The number of aryl methyl sites for hydroxylation is 1. The van der Waals surface area contributed by atoms with Crippen molar-refractivity contribution in [2.45, 2.75) is 39.5 Å². The first-order chi connectivity index (χ1) is 9.95. The minimum atomic E-state index is 0.0463. The summed E-state index contributed by atoms with van der Waals surface area (Å²) in [5.41, 5.74) is 6.97.